The molecule has 4 nitrogen and oxygen atoms in total. The number of hydrogen-bond donors (Lipinski definition) is 1. The smallest absolute Gasteiger partial charge is 0.208 e. The van der Waals surface area contributed by atoms with Crippen LogP contribution in [-0.2, 0) is 0 Å². The van der Waals surface area contributed by atoms with E-state index in [0.717, 1.165) is 23.0 Å². The van der Waals surface area contributed by atoms with Gasteiger partial charge in [0.05, 0.1) is 0 Å². The number of anilines is 1. The van der Waals surface area contributed by atoms with Crippen molar-refractivity contribution < 1.29 is 0 Å². The van der Waals surface area contributed by atoms with Gasteiger partial charge in [-0.25, -0.2) is 0 Å². The molecule has 17 heavy (non-hydrogen) atoms. The Morgan fingerprint density at radius 3 is 2.41 bits per heavy atom. The first-order valence-electron chi connectivity index (χ1n) is 6.52. The van der Waals surface area contributed by atoms with E-state index in [1.165, 1.54) is 12.8 Å². The third-order valence-corrected chi connectivity index (χ3v) is 5.15. The second kappa shape index (κ2) is 4.21. The molecule has 2 atom stereocenters. The summed E-state index contributed by atoms with van der Waals surface area (Å²) < 4.78 is 0. The Morgan fingerprint density at radius 1 is 1.24 bits per heavy atom. The maximum Gasteiger partial charge on any atom is 0.208 e. The van der Waals surface area contributed by atoms with Crippen LogP contribution in [0.25, 0.3) is 0 Å². The summed E-state index contributed by atoms with van der Waals surface area (Å²) in [6.45, 7) is 4.34. The summed E-state index contributed by atoms with van der Waals surface area (Å²) in [4.78, 5) is 2.49. The van der Waals surface area contributed by atoms with Gasteiger partial charge in [0.15, 0.2) is 0 Å². The van der Waals surface area contributed by atoms with Gasteiger partial charge in [-0.05, 0) is 25.7 Å². The first kappa shape index (κ1) is 11.4. The van der Waals surface area contributed by atoms with Gasteiger partial charge in [-0.2, -0.15) is 0 Å². The molecule has 2 aliphatic heterocycles. The predicted molar refractivity (Wildman–Crippen MR) is 70.5 cm³/mol. The van der Waals surface area contributed by atoms with E-state index in [1.807, 2.05) is 0 Å². The third kappa shape index (κ3) is 1.95. The maximum absolute atomic E-state index is 6.09. The van der Waals surface area contributed by atoms with Gasteiger partial charge in [-0.1, -0.05) is 25.2 Å². The van der Waals surface area contributed by atoms with Crippen LogP contribution in [0.2, 0.25) is 0 Å². The van der Waals surface area contributed by atoms with E-state index in [2.05, 4.69) is 28.9 Å². The van der Waals surface area contributed by atoms with E-state index in [-0.39, 0.29) is 0 Å². The van der Waals surface area contributed by atoms with Crippen molar-refractivity contribution in [2.75, 3.05) is 4.90 Å². The summed E-state index contributed by atoms with van der Waals surface area (Å²) in [6.07, 6.45) is 4.78. The number of rotatable bonds is 2. The molecule has 3 heterocycles. The number of hydrogen-bond acceptors (Lipinski definition) is 5. The summed E-state index contributed by atoms with van der Waals surface area (Å²) in [6, 6.07) is 1.61. The standard InChI is InChI=1S/C12H20N4S/c1-7(2)11-14-15-12(17-11)16-9-3-4-10(16)6-8(13)5-9/h7-10H,3-6,13H2,1-2H3. The van der Waals surface area contributed by atoms with Crippen LogP contribution in [0.4, 0.5) is 5.13 Å². The minimum atomic E-state index is 0.390. The van der Waals surface area contributed by atoms with Crippen LogP contribution in [0.5, 0.6) is 0 Å². The molecule has 1 aromatic rings. The van der Waals surface area contributed by atoms with Crippen molar-refractivity contribution in [3.05, 3.63) is 5.01 Å². The van der Waals surface area contributed by atoms with E-state index < -0.39 is 0 Å². The first-order valence-corrected chi connectivity index (χ1v) is 7.34. The highest BCUT2D eigenvalue weighted by Gasteiger charge is 2.41. The van der Waals surface area contributed by atoms with Gasteiger partial charge in [0.25, 0.3) is 0 Å². The third-order valence-electron chi connectivity index (χ3n) is 3.91. The highest BCUT2D eigenvalue weighted by Crippen LogP contribution is 2.40. The summed E-state index contributed by atoms with van der Waals surface area (Å²) >= 11 is 1.76. The molecular weight excluding hydrogens is 232 g/mol. The first-order chi connectivity index (χ1) is 8.15. The Balaban J connectivity index is 1.84. The molecule has 0 amide bonds. The lowest BCUT2D eigenvalue weighted by Crippen LogP contribution is -2.47. The zero-order valence-electron chi connectivity index (χ0n) is 10.5. The van der Waals surface area contributed by atoms with Crippen molar-refractivity contribution in [3.8, 4) is 0 Å². The Labute approximate surface area is 106 Å². The molecule has 3 rings (SSSR count). The maximum atomic E-state index is 6.09. The van der Waals surface area contributed by atoms with Crippen LogP contribution < -0.4 is 10.6 Å². The van der Waals surface area contributed by atoms with Crippen LogP contribution in [0, 0.1) is 0 Å². The molecule has 0 radical (unpaired) electrons. The van der Waals surface area contributed by atoms with E-state index in [0.29, 0.717) is 24.0 Å². The Hall–Kier alpha value is -0.680. The van der Waals surface area contributed by atoms with Crippen LogP contribution >= 0.6 is 11.3 Å². The summed E-state index contributed by atoms with van der Waals surface area (Å²) in [5.41, 5.74) is 6.09. The van der Waals surface area contributed by atoms with Crippen molar-refractivity contribution in [1.29, 1.82) is 0 Å². The topological polar surface area (TPSA) is 55.0 Å². The molecule has 0 saturated carbocycles. The van der Waals surface area contributed by atoms with Gasteiger partial charge in [0.1, 0.15) is 5.01 Å². The monoisotopic (exact) mass is 252 g/mol. The Kier molecular flexibility index (Phi) is 2.83. The van der Waals surface area contributed by atoms with Crippen molar-refractivity contribution in [1.82, 2.24) is 10.2 Å². The molecule has 2 unspecified atom stereocenters. The Bertz CT molecular complexity index is 389. The summed E-state index contributed by atoms with van der Waals surface area (Å²) in [5.74, 6) is 0.478. The zero-order chi connectivity index (χ0) is 12.0. The Morgan fingerprint density at radius 2 is 1.88 bits per heavy atom. The van der Waals surface area contributed by atoms with Crippen molar-refractivity contribution in [2.24, 2.45) is 5.73 Å². The number of fused-ring (bicyclic) bond motifs is 2. The van der Waals surface area contributed by atoms with Crippen LogP contribution in [-0.4, -0.2) is 28.3 Å². The molecule has 2 fully saturated rings. The molecule has 0 spiro atoms. The summed E-state index contributed by atoms with van der Waals surface area (Å²) in [7, 11) is 0. The minimum absolute atomic E-state index is 0.390. The van der Waals surface area contributed by atoms with Gasteiger partial charge < -0.3 is 10.6 Å². The second-order valence-corrected chi connectivity index (χ2v) is 6.59. The largest absolute Gasteiger partial charge is 0.341 e. The van der Waals surface area contributed by atoms with Crippen molar-refractivity contribution in [2.45, 2.75) is 63.6 Å². The van der Waals surface area contributed by atoms with E-state index in [4.69, 9.17) is 5.73 Å². The molecular formula is C12H20N4S. The van der Waals surface area contributed by atoms with Gasteiger partial charge in [-0.3, -0.25) is 0 Å². The lowest BCUT2D eigenvalue weighted by atomic mass is 9.99. The molecule has 0 aliphatic carbocycles. The minimum Gasteiger partial charge on any atom is -0.341 e. The number of aromatic nitrogens is 2. The molecule has 2 N–H and O–H groups in total. The molecule has 0 aromatic carbocycles. The predicted octanol–water partition coefficient (Wildman–Crippen LogP) is 2.12. The summed E-state index contributed by atoms with van der Waals surface area (Å²) in [5, 5.41) is 10.9. The van der Waals surface area contributed by atoms with Crippen molar-refractivity contribution >= 4 is 16.5 Å². The van der Waals surface area contributed by atoms with Crippen LogP contribution in [0.1, 0.15) is 50.5 Å². The molecule has 1 aromatic heterocycles. The number of piperidine rings is 1. The normalized spacial score (nSPS) is 32.5. The lowest BCUT2D eigenvalue weighted by molar-refractivity contribution is 0.413. The SMILES string of the molecule is CC(C)c1nnc(N2C3CCC2CC(N)C3)s1. The second-order valence-electron chi connectivity index (χ2n) is 5.60. The number of nitrogens with zero attached hydrogens (tertiary/aromatic N) is 3. The van der Waals surface area contributed by atoms with Gasteiger partial charge in [-0.15, -0.1) is 10.2 Å². The van der Waals surface area contributed by atoms with E-state index in [9.17, 15) is 0 Å². The average molecular weight is 252 g/mol. The van der Waals surface area contributed by atoms with Crippen LogP contribution in [0.3, 0.4) is 0 Å². The van der Waals surface area contributed by atoms with E-state index >= 15 is 0 Å². The van der Waals surface area contributed by atoms with Crippen molar-refractivity contribution in [3.63, 3.8) is 0 Å². The average Bonchev–Trinajstić information content (AvgIpc) is 2.82. The number of nitrogens with two attached hydrogens (primary N) is 1. The van der Waals surface area contributed by atoms with Gasteiger partial charge in [0.2, 0.25) is 5.13 Å². The highest BCUT2D eigenvalue weighted by atomic mass is 32.1. The fourth-order valence-corrected chi connectivity index (χ4v) is 4.09. The van der Waals surface area contributed by atoms with E-state index in [1.54, 1.807) is 11.3 Å². The van der Waals surface area contributed by atoms with Gasteiger partial charge in [0, 0.05) is 24.0 Å². The quantitative estimate of drug-likeness (QED) is 0.876. The molecule has 2 aliphatic rings. The zero-order valence-corrected chi connectivity index (χ0v) is 11.3. The lowest BCUT2D eigenvalue weighted by Gasteiger charge is -2.37. The highest BCUT2D eigenvalue weighted by molar-refractivity contribution is 7.15. The van der Waals surface area contributed by atoms with Gasteiger partial charge >= 0.3 is 0 Å². The fraction of sp³-hybridized carbons (Fsp3) is 0.833. The van der Waals surface area contributed by atoms with Crippen LogP contribution in [0.15, 0.2) is 0 Å². The molecule has 2 bridgehead atoms. The molecule has 94 valence electrons. The molecule has 2 saturated heterocycles. The fourth-order valence-electron chi connectivity index (χ4n) is 3.10. The molecule has 5 heteroatoms.